The molecular weight excluding hydrogens is 555 g/mol. The largest absolute Gasteiger partial charge is 0.677 e. The molecule has 0 fully saturated rings. The molecule has 0 bridgehead atoms. The van der Waals surface area contributed by atoms with Gasteiger partial charge >= 0.3 is 0 Å². The Labute approximate surface area is 186 Å². The Balaban J connectivity index is 0.00000312. The van der Waals surface area contributed by atoms with E-state index in [1.165, 1.54) is 18.4 Å². The first-order chi connectivity index (χ1) is 11.6. The number of carbonyl (C=O) groups is 1. The van der Waals surface area contributed by atoms with Crippen molar-refractivity contribution >= 4 is 17.2 Å². The fourth-order valence-electron chi connectivity index (χ4n) is 2.21. The van der Waals surface area contributed by atoms with Crippen molar-refractivity contribution in [3.05, 3.63) is 45.4 Å². The van der Waals surface area contributed by atoms with Crippen LogP contribution in [0.5, 0.6) is 11.5 Å². The quantitative estimate of drug-likeness (QED) is 0.546. The molecule has 0 saturated heterocycles. The minimum atomic E-state index is -0.389. The molecule has 9 heteroatoms. The van der Waals surface area contributed by atoms with Crippen molar-refractivity contribution < 1.29 is 58.3 Å². The minimum Gasteiger partial charge on any atom is -0.677 e. The Bertz CT molecular complexity index is 773. The van der Waals surface area contributed by atoms with Crippen molar-refractivity contribution in [1.29, 1.82) is 0 Å². The van der Waals surface area contributed by atoms with Crippen LogP contribution in [-0.4, -0.2) is 31.2 Å². The van der Waals surface area contributed by atoms with E-state index >= 15 is 0 Å². The number of rotatable bonds is 7. The topological polar surface area (TPSA) is 103 Å². The van der Waals surface area contributed by atoms with E-state index in [4.69, 9.17) is 20.9 Å². The molecule has 0 spiro atoms. The van der Waals surface area contributed by atoms with Crippen molar-refractivity contribution in [2.75, 3.05) is 20.8 Å². The van der Waals surface area contributed by atoms with Crippen molar-refractivity contribution in [2.24, 2.45) is 10.7 Å². The zero-order valence-corrected chi connectivity index (χ0v) is 19.9. The number of nitrogens with one attached hydrogen (secondary N) is 1. The normalized spacial score (nSPS) is 11.1. The molecule has 1 aromatic heterocycles. The summed E-state index contributed by atoms with van der Waals surface area (Å²) in [5.74, 6) is 0.631. The molecule has 1 aromatic carbocycles. The summed E-state index contributed by atoms with van der Waals surface area (Å²) >= 11 is 1.36. The van der Waals surface area contributed by atoms with E-state index in [0.717, 1.165) is 5.69 Å². The Morgan fingerprint density at radius 1 is 1.36 bits per heavy atom. The van der Waals surface area contributed by atoms with Gasteiger partial charge in [0.2, 0.25) is 0 Å². The molecule has 0 aliphatic heterocycles. The molecule has 7 nitrogen and oxygen atoms in total. The molecule has 1 amide bonds. The standard InChI is InChI=1S/C16H21N4O3S.Ac/c1-22-12-4-5-13(14(8-12)23-2)15(21)19-16-20(7-3-6-17)11(9-18)10-24-16;/h4-5,8,10,17H,3,6-7,9,18H2,1-2H3;/q-1;. The number of benzene rings is 1. The predicted molar refractivity (Wildman–Crippen MR) is 93.4 cm³/mol. The summed E-state index contributed by atoms with van der Waals surface area (Å²) in [5.41, 5.74) is 14.3. The Morgan fingerprint density at radius 3 is 2.72 bits per heavy atom. The molecule has 0 aliphatic rings. The van der Waals surface area contributed by atoms with Crippen LogP contribution in [0.1, 0.15) is 22.5 Å². The van der Waals surface area contributed by atoms with Crippen LogP contribution in [0.2, 0.25) is 0 Å². The molecule has 133 valence electrons. The summed E-state index contributed by atoms with van der Waals surface area (Å²) in [6, 6.07) is 4.98. The van der Waals surface area contributed by atoms with Gasteiger partial charge in [0.15, 0.2) is 4.80 Å². The third-order valence-corrected chi connectivity index (χ3v) is 4.39. The molecule has 0 atom stereocenters. The second-order valence-corrected chi connectivity index (χ2v) is 5.79. The van der Waals surface area contributed by atoms with Gasteiger partial charge in [-0.05, 0) is 12.1 Å². The van der Waals surface area contributed by atoms with Crippen molar-refractivity contribution in [2.45, 2.75) is 19.5 Å². The number of carbonyl (C=O) groups excluding carboxylic acids is 1. The maximum atomic E-state index is 12.6. The van der Waals surface area contributed by atoms with Gasteiger partial charge in [0, 0.05) is 74.3 Å². The van der Waals surface area contributed by atoms with Crippen LogP contribution >= 0.6 is 11.3 Å². The van der Waals surface area contributed by atoms with E-state index in [-0.39, 0.29) is 50.0 Å². The summed E-state index contributed by atoms with van der Waals surface area (Å²) < 4.78 is 12.3. The summed E-state index contributed by atoms with van der Waals surface area (Å²) in [5, 5.41) is 1.89. The SMILES string of the molecule is COc1ccc(C(=O)N=c2scc(CN)n2CCC[NH-])c(OC)c1.[Ac]. The Morgan fingerprint density at radius 2 is 2.12 bits per heavy atom. The first kappa shape index (κ1) is 22.3. The Kier molecular flexibility index (Phi) is 9.90. The van der Waals surface area contributed by atoms with Crippen LogP contribution < -0.4 is 20.0 Å². The van der Waals surface area contributed by atoms with Gasteiger partial charge in [-0.3, -0.25) is 4.79 Å². The van der Waals surface area contributed by atoms with Gasteiger partial charge in [-0.2, -0.15) is 4.99 Å². The molecule has 0 unspecified atom stereocenters. The van der Waals surface area contributed by atoms with Crippen molar-refractivity contribution in [3.63, 3.8) is 0 Å². The second kappa shape index (κ2) is 11.1. The average Bonchev–Trinajstić information content (AvgIpc) is 3.00. The van der Waals surface area contributed by atoms with Crippen LogP contribution in [0.3, 0.4) is 0 Å². The minimum absolute atomic E-state index is 0. The molecular formula is C16H21AcN4O3S-. The molecule has 1 heterocycles. The van der Waals surface area contributed by atoms with Crippen molar-refractivity contribution in [1.82, 2.24) is 4.57 Å². The van der Waals surface area contributed by atoms with E-state index in [2.05, 4.69) is 4.99 Å². The number of nitrogens with two attached hydrogens (primary N) is 1. The summed E-state index contributed by atoms with van der Waals surface area (Å²) in [7, 11) is 3.05. The second-order valence-electron chi connectivity index (χ2n) is 4.95. The molecule has 2 rings (SSSR count). The van der Waals surface area contributed by atoms with Gasteiger partial charge < -0.3 is 25.5 Å². The zero-order chi connectivity index (χ0) is 17.5. The molecule has 2 aromatic rings. The van der Waals surface area contributed by atoms with E-state index in [1.54, 1.807) is 25.3 Å². The van der Waals surface area contributed by atoms with E-state index in [1.807, 2.05) is 9.95 Å². The first-order valence-corrected chi connectivity index (χ1v) is 8.35. The van der Waals surface area contributed by atoms with Gasteiger partial charge in [-0.1, -0.05) is 6.42 Å². The molecule has 1 radical (unpaired) electrons. The monoisotopic (exact) mass is 576 g/mol. The van der Waals surface area contributed by atoms with Gasteiger partial charge in [-0.15, -0.1) is 17.9 Å². The van der Waals surface area contributed by atoms with Gasteiger partial charge in [0.1, 0.15) is 11.5 Å². The number of hydrogen-bond acceptors (Lipinski definition) is 5. The van der Waals surface area contributed by atoms with Crippen LogP contribution in [0, 0.1) is 44.1 Å². The van der Waals surface area contributed by atoms with Crippen LogP contribution in [0.4, 0.5) is 0 Å². The molecule has 0 saturated carbocycles. The fourth-order valence-corrected chi connectivity index (χ4v) is 3.15. The summed E-state index contributed by atoms with van der Waals surface area (Å²) in [6.07, 6.45) is 0.678. The molecule has 25 heavy (non-hydrogen) atoms. The van der Waals surface area contributed by atoms with E-state index < -0.39 is 0 Å². The number of hydrogen-bond donors (Lipinski definition) is 1. The van der Waals surface area contributed by atoms with E-state index in [9.17, 15) is 4.79 Å². The number of aromatic nitrogens is 1. The smallest absolute Gasteiger partial charge is 0.283 e. The third-order valence-electron chi connectivity index (χ3n) is 3.48. The van der Waals surface area contributed by atoms with Crippen molar-refractivity contribution in [3.8, 4) is 11.5 Å². The van der Waals surface area contributed by atoms with E-state index in [0.29, 0.717) is 47.9 Å². The van der Waals surface area contributed by atoms with Gasteiger partial charge in [0.25, 0.3) is 5.91 Å². The average molecular weight is 576 g/mol. The number of amides is 1. The van der Waals surface area contributed by atoms with Gasteiger partial charge in [-0.25, -0.2) is 0 Å². The predicted octanol–water partition coefficient (Wildman–Crippen LogP) is 2.21. The fraction of sp³-hybridized carbons (Fsp3) is 0.375. The zero-order valence-electron chi connectivity index (χ0n) is 14.3. The Hall–Kier alpha value is -0.718. The first-order valence-electron chi connectivity index (χ1n) is 7.47. The van der Waals surface area contributed by atoms with Gasteiger partial charge in [0.05, 0.1) is 19.8 Å². The third kappa shape index (κ3) is 5.63. The summed E-state index contributed by atoms with van der Waals surface area (Å²) in [6.45, 7) is 1.29. The molecule has 0 aliphatic carbocycles. The maximum absolute atomic E-state index is 12.6. The van der Waals surface area contributed by atoms with Crippen LogP contribution in [0.25, 0.3) is 5.73 Å². The van der Waals surface area contributed by atoms with Crippen LogP contribution in [-0.2, 0) is 13.1 Å². The summed E-state index contributed by atoms with van der Waals surface area (Å²) in [4.78, 5) is 17.4. The number of methoxy groups -OCH3 is 2. The number of nitrogens with zero attached hydrogens (tertiary/aromatic N) is 2. The molecule has 3 N–H and O–H groups in total. The number of thiazole rings is 1. The number of ether oxygens (including phenoxy) is 2. The van der Waals surface area contributed by atoms with Crippen LogP contribution in [0.15, 0.2) is 28.6 Å². The maximum Gasteiger partial charge on any atom is 0.283 e.